The molecule has 15 heavy (non-hydrogen) atoms. The maximum atomic E-state index is 11.4. The summed E-state index contributed by atoms with van der Waals surface area (Å²) in [6.07, 6.45) is 0. The van der Waals surface area contributed by atoms with Crippen LogP contribution in [-0.4, -0.2) is 29.9 Å². The number of rotatable bonds is 3. The average molecular weight is 231 g/mol. The third-order valence-electron chi connectivity index (χ3n) is 1.75. The van der Waals surface area contributed by atoms with E-state index in [4.69, 9.17) is 4.74 Å². The summed E-state index contributed by atoms with van der Waals surface area (Å²) in [6, 6.07) is 0. The van der Waals surface area contributed by atoms with Crippen LogP contribution < -0.4 is 0 Å². The molecule has 0 bridgehead atoms. The van der Waals surface area contributed by atoms with Gasteiger partial charge in [-0.1, -0.05) is 32.5 Å². The summed E-state index contributed by atoms with van der Waals surface area (Å²) < 4.78 is 4.95. The van der Waals surface area contributed by atoms with Crippen LogP contribution >= 0.6 is 11.8 Å². The predicted octanol–water partition coefficient (Wildman–Crippen LogP) is 2.75. The van der Waals surface area contributed by atoms with Crippen LogP contribution in [0.1, 0.15) is 34.6 Å². The number of thioether (sulfide) groups is 1. The molecule has 0 fully saturated rings. The molecule has 1 unspecified atom stereocenters. The van der Waals surface area contributed by atoms with Gasteiger partial charge in [0.05, 0.1) is 11.7 Å². The Morgan fingerprint density at radius 1 is 1.47 bits per heavy atom. The highest BCUT2D eigenvalue weighted by Crippen LogP contribution is 2.27. The number of aliphatic imine (C=N–C) groups is 1. The van der Waals surface area contributed by atoms with Crippen molar-refractivity contribution in [2.45, 2.75) is 39.9 Å². The number of esters is 1. The van der Waals surface area contributed by atoms with Crippen molar-refractivity contribution < 1.29 is 9.53 Å². The fourth-order valence-corrected chi connectivity index (χ4v) is 2.00. The molecule has 0 aromatic rings. The van der Waals surface area contributed by atoms with Gasteiger partial charge in [-0.15, -0.1) is 0 Å². The van der Waals surface area contributed by atoms with Gasteiger partial charge in [-0.05, 0) is 13.8 Å². The molecule has 0 aliphatic carbocycles. The Morgan fingerprint density at radius 3 is 2.33 bits per heavy atom. The lowest BCUT2D eigenvalue weighted by Gasteiger charge is -2.22. The van der Waals surface area contributed by atoms with Crippen molar-refractivity contribution in [1.82, 2.24) is 0 Å². The highest BCUT2D eigenvalue weighted by atomic mass is 32.2. The maximum Gasteiger partial charge on any atom is 0.319 e. The van der Waals surface area contributed by atoms with Crippen molar-refractivity contribution >= 4 is 22.8 Å². The first-order valence-electron chi connectivity index (χ1n) is 5.13. The number of carbonyl (C=O) groups excluding carboxylic acids is 1. The van der Waals surface area contributed by atoms with Crippen LogP contribution in [0.25, 0.3) is 0 Å². The fourth-order valence-electron chi connectivity index (χ4n) is 1.04. The molecule has 0 radical (unpaired) electrons. The van der Waals surface area contributed by atoms with E-state index in [0.717, 1.165) is 5.04 Å². The molecular weight excluding hydrogens is 210 g/mol. The summed E-state index contributed by atoms with van der Waals surface area (Å²) in [7, 11) is 1.76. The van der Waals surface area contributed by atoms with Gasteiger partial charge in [0.25, 0.3) is 0 Å². The number of nitrogens with zero attached hydrogens (tertiary/aromatic N) is 1. The maximum absolute atomic E-state index is 11.4. The third kappa shape index (κ3) is 5.21. The van der Waals surface area contributed by atoms with Crippen LogP contribution in [0.15, 0.2) is 4.99 Å². The third-order valence-corrected chi connectivity index (χ3v) is 3.32. The first-order valence-corrected chi connectivity index (χ1v) is 6.01. The largest absolute Gasteiger partial charge is 0.465 e. The zero-order valence-corrected chi connectivity index (χ0v) is 11.3. The smallest absolute Gasteiger partial charge is 0.319 e. The summed E-state index contributed by atoms with van der Waals surface area (Å²) in [5.41, 5.74) is -0.0137. The summed E-state index contributed by atoms with van der Waals surface area (Å²) >= 11 is 1.48. The van der Waals surface area contributed by atoms with E-state index in [9.17, 15) is 4.79 Å². The van der Waals surface area contributed by atoms with Gasteiger partial charge in [0.1, 0.15) is 5.25 Å². The zero-order valence-electron chi connectivity index (χ0n) is 10.5. The van der Waals surface area contributed by atoms with Gasteiger partial charge in [-0.2, -0.15) is 0 Å². The molecule has 0 aromatic heterocycles. The zero-order chi connectivity index (χ0) is 12.1. The summed E-state index contributed by atoms with van der Waals surface area (Å²) in [5, 5.41) is 0.783. The second kappa shape index (κ2) is 6.16. The molecule has 0 rings (SSSR count). The lowest BCUT2D eigenvalue weighted by Crippen LogP contribution is -2.24. The molecule has 0 aliphatic heterocycles. The second-order valence-corrected chi connectivity index (χ2v) is 5.62. The van der Waals surface area contributed by atoms with Crippen molar-refractivity contribution in [3.63, 3.8) is 0 Å². The Bertz CT molecular complexity index is 243. The van der Waals surface area contributed by atoms with Crippen molar-refractivity contribution in [2.24, 2.45) is 10.4 Å². The van der Waals surface area contributed by atoms with Crippen LogP contribution in [0.5, 0.6) is 0 Å². The molecule has 3 nitrogen and oxygen atoms in total. The molecule has 0 amide bonds. The minimum Gasteiger partial charge on any atom is -0.465 e. The van der Waals surface area contributed by atoms with Crippen LogP contribution in [0, 0.1) is 5.41 Å². The van der Waals surface area contributed by atoms with E-state index < -0.39 is 0 Å². The van der Waals surface area contributed by atoms with E-state index in [-0.39, 0.29) is 16.6 Å². The van der Waals surface area contributed by atoms with Gasteiger partial charge in [-0.3, -0.25) is 9.79 Å². The van der Waals surface area contributed by atoms with Crippen LogP contribution in [0.4, 0.5) is 0 Å². The normalized spacial score (nSPS) is 14.9. The van der Waals surface area contributed by atoms with E-state index in [1.54, 1.807) is 7.05 Å². The van der Waals surface area contributed by atoms with Crippen molar-refractivity contribution in [2.75, 3.05) is 13.7 Å². The van der Waals surface area contributed by atoms with Gasteiger partial charge >= 0.3 is 5.97 Å². The topological polar surface area (TPSA) is 38.7 Å². The molecule has 0 spiro atoms. The Hall–Kier alpha value is -0.510. The molecule has 1 atom stereocenters. The molecular formula is C11H21NO2S. The van der Waals surface area contributed by atoms with Crippen molar-refractivity contribution in [3.8, 4) is 0 Å². The van der Waals surface area contributed by atoms with Crippen LogP contribution in [0.3, 0.4) is 0 Å². The van der Waals surface area contributed by atoms with Crippen molar-refractivity contribution in [1.29, 1.82) is 0 Å². The Balaban J connectivity index is 4.39. The summed E-state index contributed by atoms with van der Waals surface area (Å²) in [6.45, 7) is 10.3. The average Bonchev–Trinajstić information content (AvgIpc) is 2.12. The van der Waals surface area contributed by atoms with Gasteiger partial charge in [0.2, 0.25) is 0 Å². The molecule has 0 heterocycles. The molecule has 0 saturated heterocycles. The Morgan fingerprint density at radius 2 is 2.00 bits per heavy atom. The lowest BCUT2D eigenvalue weighted by molar-refractivity contribution is -0.142. The first kappa shape index (κ1) is 14.5. The van der Waals surface area contributed by atoms with Gasteiger partial charge < -0.3 is 4.74 Å². The number of hydrogen-bond donors (Lipinski definition) is 0. The molecule has 0 N–H and O–H groups in total. The van der Waals surface area contributed by atoms with E-state index in [0.29, 0.717) is 6.61 Å². The van der Waals surface area contributed by atoms with Gasteiger partial charge in [0, 0.05) is 12.5 Å². The number of carbonyl (C=O) groups is 1. The highest BCUT2D eigenvalue weighted by Gasteiger charge is 2.24. The Kier molecular flexibility index (Phi) is 5.95. The van der Waals surface area contributed by atoms with E-state index >= 15 is 0 Å². The van der Waals surface area contributed by atoms with Crippen LogP contribution in [0.2, 0.25) is 0 Å². The molecule has 0 saturated carbocycles. The molecule has 0 aliphatic rings. The lowest BCUT2D eigenvalue weighted by atomic mass is 9.99. The SMILES string of the molecule is CCOC(=O)C(C)SC(=NC)C(C)(C)C. The minimum absolute atomic E-state index is 0.0137. The summed E-state index contributed by atoms with van der Waals surface area (Å²) in [5.74, 6) is -0.173. The van der Waals surface area contributed by atoms with Gasteiger partial charge in [0.15, 0.2) is 0 Å². The standard InChI is InChI=1S/C11H21NO2S/c1-7-14-9(13)8(2)15-10(12-6)11(3,4)5/h8H,7H2,1-6H3. The van der Waals surface area contributed by atoms with Gasteiger partial charge in [-0.25, -0.2) is 0 Å². The van der Waals surface area contributed by atoms with Crippen LogP contribution in [-0.2, 0) is 9.53 Å². The van der Waals surface area contributed by atoms with E-state index in [2.05, 4.69) is 25.8 Å². The molecule has 4 heteroatoms. The second-order valence-electron chi connectivity index (χ2n) is 4.29. The Labute approximate surface area is 96.7 Å². The minimum atomic E-state index is -0.192. The monoisotopic (exact) mass is 231 g/mol. The van der Waals surface area contributed by atoms with Crippen molar-refractivity contribution in [3.05, 3.63) is 0 Å². The molecule has 88 valence electrons. The number of hydrogen-bond acceptors (Lipinski definition) is 4. The van der Waals surface area contributed by atoms with E-state index in [1.807, 2.05) is 13.8 Å². The predicted molar refractivity (Wildman–Crippen MR) is 66.5 cm³/mol. The first-order chi connectivity index (χ1) is 6.82. The van der Waals surface area contributed by atoms with E-state index in [1.165, 1.54) is 11.8 Å². The molecule has 0 aromatic carbocycles. The number of ether oxygens (including phenoxy) is 1. The highest BCUT2D eigenvalue weighted by molar-refractivity contribution is 8.15. The fraction of sp³-hybridized carbons (Fsp3) is 0.818. The summed E-state index contributed by atoms with van der Waals surface area (Å²) in [4.78, 5) is 15.6. The quantitative estimate of drug-likeness (QED) is 0.426.